The highest BCUT2D eigenvalue weighted by molar-refractivity contribution is 5.30. The number of hydrogen-bond donors (Lipinski definition) is 1. The van der Waals surface area contributed by atoms with E-state index < -0.39 is 0 Å². The third-order valence-electron chi connectivity index (χ3n) is 4.73. The van der Waals surface area contributed by atoms with Crippen molar-refractivity contribution in [1.29, 1.82) is 0 Å². The minimum atomic E-state index is 0.491. The zero-order valence-electron chi connectivity index (χ0n) is 12.6. The van der Waals surface area contributed by atoms with Gasteiger partial charge in [0.15, 0.2) is 5.82 Å². The third-order valence-corrected chi connectivity index (χ3v) is 4.73. The van der Waals surface area contributed by atoms with Gasteiger partial charge in [-0.15, -0.1) is 5.10 Å². The lowest BCUT2D eigenvalue weighted by Gasteiger charge is -2.27. The van der Waals surface area contributed by atoms with Gasteiger partial charge in [-0.2, -0.15) is 4.68 Å². The van der Waals surface area contributed by atoms with Crippen molar-refractivity contribution in [2.24, 2.45) is 5.41 Å². The number of tetrazole rings is 1. The molecule has 1 aliphatic rings. The van der Waals surface area contributed by atoms with Gasteiger partial charge in [0.2, 0.25) is 0 Å². The van der Waals surface area contributed by atoms with Crippen molar-refractivity contribution < 1.29 is 0 Å². The summed E-state index contributed by atoms with van der Waals surface area (Å²) in [7, 11) is 0. The molecule has 1 aliphatic carbocycles. The van der Waals surface area contributed by atoms with Crippen LogP contribution < -0.4 is 5.32 Å². The molecular weight excluding hydrogens is 262 g/mol. The first-order valence-electron chi connectivity index (χ1n) is 7.86. The van der Waals surface area contributed by atoms with Crippen LogP contribution in [0.15, 0.2) is 30.3 Å². The fourth-order valence-corrected chi connectivity index (χ4v) is 3.31. The first kappa shape index (κ1) is 14.2. The molecule has 5 heteroatoms. The summed E-state index contributed by atoms with van der Waals surface area (Å²) in [5.41, 5.74) is 1.50. The van der Waals surface area contributed by atoms with Crippen molar-refractivity contribution in [1.82, 2.24) is 25.5 Å². The van der Waals surface area contributed by atoms with E-state index in [0.29, 0.717) is 12.0 Å². The zero-order valence-corrected chi connectivity index (χ0v) is 12.6. The molecule has 1 heterocycles. The molecule has 0 saturated heterocycles. The molecule has 0 bridgehead atoms. The van der Waals surface area contributed by atoms with Gasteiger partial charge in [-0.3, -0.25) is 0 Å². The van der Waals surface area contributed by atoms with Crippen LogP contribution in [0.3, 0.4) is 0 Å². The van der Waals surface area contributed by atoms with Crippen LogP contribution in [0.5, 0.6) is 0 Å². The van der Waals surface area contributed by atoms with Crippen LogP contribution in [0.2, 0.25) is 0 Å². The number of aromatic nitrogens is 4. The van der Waals surface area contributed by atoms with Crippen molar-refractivity contribution in [2.45, 2.75) is 45.6 Å². The Morgan fingerprint density at radius 3 is 2.67 bits per heavy atom. The van der Waals surface area contributed by atoms with E-state index in [4.69, 9.17) is 0 Å². The van der Waals surface area contributed by atoms with Gasteiger partial charge in [0, 0.05) is 6.54 Å². The number of hydrogen-bond acceptors (Lipinski definition) is 4. The molecule has 1 saturated carbocycles. The summed E-state index contributed by atoms with van der Waals surface area (Å²) < 4.78 is 1.81. The number of nitrogens with zero attached hydrogens (tertiary/aromatic N) is 4. The average molecular weight is 285 g/mol. The Kier molecular flexibility index (Phi) is 4.29. The molecule has 5 nitrogen and oxygen atoms in total. The maximum atomic E-state index is 4.14. The fourth-order valence-electron chi connectivity index (χ4n) is 3.31. The smallest absolute Gasteiger partial charge is 0.170 e. The molecule has 0 unspecified atom stereocenters. The Morgan fingerprint density at radius 1 is 1.19 bits per heavy atom. The second kappa shape index (κ2) is 6.35. The van der Waals surface area contributed by atoms with E-state index in [0.717, 1.165) is 18.1 Å². The van der Waals surface area contributed by atoms with E-state index in [1.54, 1.807) is 4.68 Å². The van der Waals surface area contributed by atoms with E-state index in [2.05, 4.69) is 27.8 Å². The SMILES string of the molecule is CCC1(CNCc2nnnn2-c2ccccc2)CCCC1. The molecule has 3 rings (SSSR count). The second-order valence-corrected chi connectivity index (χ2v) is 6.01. The Bertz CT molecular complexity index is 557. The Labute approximate surface area is 125 Å². The zero-order chi connectivity index (χ0) is 14.5. The first-order valence-corrected chi connectivity index (χ1v) is 7.86. The Balaban J connectivity index is 1.63. The van der Waals surface area contributed by atoms with Crippen LogP contribution in [-0.2, 0) is 6.54 Å². The molecule has 1 aromatic carbocycles. The van der Waals surface area contributed by atoms with Crippen molar-refractivity contribution in [2.75, 3.05) is 6.54 Å². The van der Waals surface area contributed by atoms with Gasteiger partial charge in [0.25, 0.3) is 0 Å². The predicted molar refractivity (Wildman–Crippen MR) is 82.1 cm³/mol. The predicted octanol–water partition coefficient (Wildman–Crippen LogP) is 2.72. The molecule has 0 aliphatic heterocycles. The topological polar surface area (TPSA) is 55.6 Å². The summed E-state index contributed by atoms with van der Waals surface area (Å²) >= 11 is 0. The van der Waals surface area contributed by atoms with E-state index in [1.165, 1.54) is 32.1 Å². The normalized spacial score (nSPS) is 17.2. The monoisotopic (exact) mass is 285 g/mol. The number of para-hydroxylation sites is 1. The fraction of sp³-hybridized carbons (Fsp3) is 0.562. The summed E-state index contributed by atoms with van der Waals surface area (Å²) in [6.45, 7) is 4.08. The lowest BCUT2D eigenvalue weighted by atomic mass is 9.83. The molecule has 0 radical (unpaired) electrons. The van der Waals surface area contributed by atoms with Crippen LogP contribution in [-0.4, -0.2) is 26.8 Å². The molecule has 2 aromatic rings. The van der Waals surface area contributed by atoms with E-state index in [1.807, 2.05) is 30.3 Å². The minimum absolute atomic E-state index is 0.491. The highest BCUT2D eigenvalue weighted by Crippen LogP contribution is 2.40. The first-order chi connectivity index (χ1) is 10.3. The van der Waals surface area contributed by atoms with Crippen molar-refractivity contribution in [3.63, 3.8) is 0 Å². The average Bonchev–Trinajstić information content (AvgIpc) is 3.18. The highest BCUT2D eigenvalue weighted by atomic mass is 15.5. The number of nitrogens with one attached hydrogen (secondary N) is 1. The van der Waals surface area contributed by atoms with Gasteiger partial charge in [0.1, 0.15) is 0 Å². The van der Waals surface area contributed by atoms with Crippen LogP contribution in [0.1, 0.15) is 44.9 Å². The van der Waals surface area contributed by atoms with E-state index in [-0.39, 0.29) is 0 Å². The summed E-state index contributed by atoms with van der Waals surface area (Å²) in [6, 6.07) is 10.0. The lowest BCUT2D eigenvalue weighted by Crippen LogP contribution is -2.32. The van der Waals surface area contributed by atoms with Crippen LogP contribution in [0.25, 0.3) is 5.69 Å². The quantitative estimate of drug-likeness (QED) is 0.886. The minimum Gasteiger partial charge on any atom is -0.309 e. The number of rotatable bonds is 6. The molecular formula is C16H23N5. The van der Waals surface area contributed by atoms with Crippen LogP contribution in [0.4, 0.5) is 0 Å². The third kappa shape index (κ3) is 3.13. The van der Waals surface area contributed by atoms with Gasteiger partial charge in [-0.05, 0) is 47.2 Å². The lowest BCUT2D eigenvalue weighted by molar-refractivity contribution is 0.267. The van der Waals surface area contributed by atoms with E-state index >= 15 is 0 Å². The summed E-state index contributed by atoms with van der Waals surface area (Å²) in [5.74, 6) is 0.866. The molecule has 0 atom stereocenters. The molecule has 1 aromatic heterocycles. The van der Waals surface area contributed by atoms with Crippen LogP contribution >= 0.6 is 0 Å². The molecule has 1 N–H and O–H groups in total. The van der Waals surface area contributed by atoms with Crippen molar-refractivity contribution >= 4 is 0 Å². The van der Waals surface area contributed by atoms with Gasteiger partial charge >= 0.3 is 0 Å². The standard InChI is InChI=1S/C16H23N5/c1-2-16(10-6-7-11-16)13-17-12-15-18-19-20-21(15)14-8-4-3-5-9-14/h3-5,8-9,17H,2,6-7,10-13H2,1H3. The summed E-state index contributed by atoms with van der Waals surface area (Å²) in [5, 5.41) is 15.6. The molecule has 0 spiro atoms. The van der Waals surface area contributed by atoms with Gasteiger partial charge in [0.05, 0.1) is 12.2 Å². The maximum absolute atomic E-state index is 4.14. The second-order valence-electron chi connectivity index (χ2n) is 6.01. The highest BCUT2D eigenvalue weighted by Gasteiger charge is 2.31. The molecule has 21 heavy (non-hydrogen) atoms. The Hall–Kier alpha value is -1.75. The summed E-state index contributed by atoms with van der Waals surface area (Å²) in [4.78, 5) is 0. The largest absolute Gasteiger partial charge is 0.309 e. The van der Waals surface area contributed by atoms with Crippen LogP contribution in [0, 0.1) is 5.41 Å². The molecule has 1 fully saturated rings. The van der Waals surface area contributed by atoms with Gasteiger partial charge in [-0.1, -0.05) is 38.0 Å². The van der Waals surface area contributed by atoms with Crippen molar-refractivity contribution in [3.8, 4) is 5.69 Å². The Morgan fingerprint density at radius 2 is 1.95 bits per heavy atom. The van der Waals surface area contributed by atoms with E-state index in [9.17, 15) is 0 Å². The molecule has 0 amide bonds. The van der Waals surface area contributed by atoms with Gasteiger partial charge in [-0.25, -0.2) is 0 Å². The maximum Gasteiger partial charge on any atom is 0.170 e. The van der Waals surface area contributed by atoms with Gasteiger partial charge < -0.3 is 5.32 Å². The van der Waals surface area contributed by atoms with Crippen molar-refractivity contribution in [3.05, 3.63) is 36.2 Å². The molecule has 112 valence electrons. The number of benzene rings is 1. The summed E-state index contributed by atoms with van der Waals surface area (Å²) in [6.07, 6.45) is 6.69.